The van der Waals surface area contributed by atoms with E-state index in [2.05, 4.69) is 0 Å². The molecule has 3 nitrogen and oxygen atoms in total. The van der Waals surface area contributed by atoms with Gasteiger partial charge in [-0.25, -0.2) is 0 Å². The number of benzene rings is 2. The molecule has 23 heavy (non-hydrogen) atoms. The van der Waals surface area contributed by atoms with Crippen LogP contribution >= 0.6 is 0 Å². The van der Waals surface area contributed by atoms with Gasteiger partial charge in [0.15, 0.2) is 0 Å². The predicted octanol–water partition coefficient (Wildman–Crippen LogP) is 4.99. The highest BCUT2D eigenvalue weighted by molar-refractivity contribution is 5.56. The van der Waals surface area contributed by atoms with Crippen molar-refractivity contribution in [3.05, 3.63) is 65.4 Å². The summed E-state index contributed by atoms with van der Waals surface area (Å²) in [6.45, 7) is 0. The number of ether oxygens (including phenoxy) is 2. The minimum absolute atomic E-state index is 0.0107. The Balaban J connectivity index is 2.30. The van der Waals surface area contributed by atoms with Crippen LogP contribution in [-0.2, 0) is 10.9 Å². The summed E-state index contributed by atoms with van der Waals surface area (Å²) in [7, 11) is 1.49. The molecule has 2 rings (SSSR count). The second-order valence-corrected chi connectivity index (χ2v) is 4.53. The molecule has 2 aromatic carbocycles. The molecular weight excluding hydrogens is 307 g/mol. The SMILES string of the molecule is CO/C=C\c1ccc(Oc2cccc(C(F)(F)F)c2)c(C#N)c1. The number of hydrogen-bond acceptors (Lipinski definition) is 3. The largest absolute Gasteiger partial charge is 0.504 e. The second-order valence-electron chi connectivity index (χ2n) is 4.53. The Labute approximate surface area is 131 Å². The maximum Gasteiger partial charge on any atom is 0.416 e. The lowest BCUT2D eigenvalue weighted by Crippen LogP contribution is -2.04. The van der Waals surface area contributed by atoms with Crippen molar-refractivity contribution in [2.75, 3.05) is 7.11 Å². The van der Waals surface area contributed by atoms with Crippen LogP contribution in [0.15, 0.2) is 48.7 Å². The average Bonchev–Trinajstić information content (AvgIpc) is 2.53. The van der Waals surface area contributed by atoms with Gasteiger partial charge in [-0.1, -0.05) is 12.1 Å². The molecule has 0 fully saturated rings. The summed E-state index contributed by atoms with van der Waals surface area (Å²) >= 11 is 0. The second kappa shape index (κ2) is 6.88. The van der Waals surface area contributed by atoms with Crippen molar-refractivity contribution in [2.24, 2.45) is 0 Å². The predicted molar refractivity (Wildman–Crippen MR) is 78.7 cm³/mol. The topological polar surface area (TPSA) is 42.2 Å². The van der Waals surface area contributed by atoms with Crippen LogP contribution in [0.2, 0.25) is 0 Å². The highest BCUT2D eigenvalue weighted by atomic mass is 19.4. The number of halogens is 3. The molecule has 0 heterocycles. The zero-order valence-corrected chi connectivity index (χ0v) is 12.1. The van der Waals surface area contributed by atoms with Gasteiger partial charge in [0.05, 0.1) is 24.5 Å². The van der Waals surface area contributed by atoms with E-state index in [1.165, 1.54) is 31.6 Å². The van der Waals surface area contributed by atoms with Gasteiger partial charge in [-0.15, -0.1) is 0 Å². The van der Waals surface area contributed by atoms with Crippen molar-refractivity contribution in [3.63, 3.8) is 0 Å². The first-order valence-corrected chi connectivity index (χ1v) is 6.52. The summed E-state index contributed by atoms with van der Waals surface area (Å²) in [5, 5.41) is 9.16. The smallest absolute Gasteiger partial charge is 0.416 e. The molecule has 6 heteroatoms. The number of methoxy groups -OCH3 is 1. The van der Waals surface area contributed by atoms with Gasteiger partial charge >= 0.3 is 6.18 Å². The van der Waals surface area contributed by atoms with Crippen LogP contribution in [0.3, 0.4) is 0 Å². The van der Waals surface area contributed by atoms with Crippen LogP contribution in [0.1, 0.15) is 16.7 Å². The van der Waals surface area contributed by atoms with Crippen molar-refractivity contribution >= 4 is 6.08 Å². The fourth-order valence-electron chi connectivity index (χ4n) is 1.84. The maximum atomic E-state index is 12.7. The van der Waals surface area contributed by atoms with Crippen molar-refractivity contribution in [2.45, 2.75) is 6.18 Å². The summed E-state index contributed by atoms with van der Waals surface area (Å²) in [4.78, 5) is 0. The Morgan fingerprint density at radius 3 is 2.57 bits per heavy atom. The van der Waals surface area contributed by atoms with E-state index in [9.17, 15) is 13.2 Å². The number of alkyl halides is 3. The Bertz CT molecular complexity index is 761. The minimum Gasteiger partial charge on any atom is -0.504 e. The molecule has 0 atom stereocenters. The molecular formula is C17H12F3NO2. The normalized spacial score (nSPS) is 11.3. The number of nitriles is 1. The Hall–Kier alpha value is -2.94. The van der Waals surface area contributed by atoms with Gasteiger partial charge in [0.2, 0.25) is 0 Å². The van der Waals surface area contributed by atoms with Crippen LogP contribution in [-0.4, -0.2) is 7.11 Å². The van der Waals surface area contributed by atoms with Gasteiger partial charge < -0.3 is 9.47 Å². The van der Waals surface area contributed by atoms with Gasteiger partial charge in [0.1, 0.15) is 17.6 Å². The lowest BCUT2D eigenvalue weighted by molar-refractivity contribution is -0.137. The minimum atomic E-state index is -4.45. The lowest BCUT2D eigenvalue weighted by Gasteiger charge is -2.11. The summed E-state index contributed by atoms with van der Waals surface area (Å²) in [6, 6.07) is 11.2. The van der Waals surface area contributed by atoms with E-state index in [0.29, 0.717) is 5.56 Å². The van der Waals surface area contributed by atoms with Crippen LogP contribution in [0, 0.1) is 11.3 Å². The Morgan fingerprint density at radius 1 is 1.13 bits per heavy atom. The molecule has 0 aliphatic heterocycles. The Kier molecular flexibility index (Phi) is 4.91. The van der Waals surface area contributed by atoms with E-state index in [1.807, 2.05) is 6.07 Å². The van der Waals surface area contributed by atoms with E-state index in [4.69, 9.17) is 14.7 Å². The van der Waals surface area contributed by atoms with Gasteiger partial charge in [0.25, 0.3) is 0 Å². The third-order valence-corrected chi connectivity index (χ3v) is 2.91. The van der Waals surface area contributed by atoms with Crippen LogP contribution in [0.5, 0.6) is 11.5 Å². The van der Waals surface area contributed by atoms with Gasteiger partial charge in [-0.3, -0.25) is 0 Å². The van der Waals surface area contributed by atoms with E-state index in [1.54, 1.807) is 18.2 Å². The van der Waals surface area contributed by atoms with Gasteiger partial charge in [0, 0.05) is 0 Å². The highest BCUT2D eigenvalue weighted by Gasteiger charge is 2.30. The first-order valence-electron chi connectivity index (χ1n) is 6.52. The first-order chi connectivity index (χ1) is 10.9. The number of rotatable bonds is 4. The van der Waals surface area contributed by atoms with Crippen LogP contribution in [0.25, 0.3) is 6.08 Å². The molecule has 0 aromatic heterocycles. The molecule has 0 radical (unpaired) electrons. The quantitative estimate of drug-likeness (QED) is 0.746. The summed E-state index contributed by atoms with van der Waals surface area (Å²) in [6.07, 6.45) is -1.36. The maximum absolute atomic E-state index is 12.7. The van der Waals surface area contributed by atoms with Crippen molar-refractivity contribution in [3.8, 4) is 17.6 Å². The van der Waals surface area contributed by atoms with E-state index < -0.39 is 11.7 Å². The molecule has 0 saturated heterocycles. The summed E-state index contributed by atoms with van der Waals surface area (Å²) in [5.74, 6) is 0.192. The van der Waals surface area contributed by atoms with Gasteiger partial charge in [-0.05, 0) is 42.0 Å². The molecule has 0 bridgehead atoms. The van der Waals surface area contributed by atoms with Crippen molar-refractivity contribution in [1.82, 2.24) is 0 Å². The number of hydrogen-bond donors (Lipinski definition) is 0. The molecule has 0 unspecified atom stereocenters. The summed E-state index contributed by atoms with van der Waals surface area (Å²) in [5.41, 5.74) is 0.105. The standard InChI is InChI=1S/C17H12F3NO2/c1-22-8-7-12-5-6-16(13(9-12)11-21)23-15-4-2-3-14(10-15)17(18,19)20/h2-10H,1H3/b8-7-. The van der Waals surface area contributed by atoms with Crippen LogP contribution in [0.4, 0.5) is 13.2 Å². The van der Waals surface area contributed by atoms with Gasteiger partial charge in [-0.2, -0.15) is 18.4 Å². The third-order valence-electron chi connectivity index (χ3n) is 2.91. The monoisotopic (exact) mass is 319 g/mol. The summed E-state index contributed by atoms with van der Waals surface area (Å²) < 4.78 is 48.3. The zero-order chi connectivity index (χ0) is 16.9. The molecule has 0 aliphatic rings. The van der Waals surface area contributed by atoms with E-state index in [0.717, 1.165) is 12.1 Å². The van der Waals surface area contributed by atoms with E-state index >= 15 is 0 Å². The van der Waals surface area contributed by atoms with Crippen molar-refractivity contribution in [1.29, 1.82) is 5.26 Å². The average molecular weight is 319 g/mol. The van der Waals surface area contributed by atoms with E-state index in [-0.39, 0.29) is 17.1 Å². The zero-order valence-electron chi connectivity index (χ0n) is 12.1. The fourth-order valence-corrected chi connectivity index (χ4v) is 1.84. The number of nitrogens with zero attached hydrogens (tertiary/aromatic N) is 1. The molecule has 118 valence electrons. The van der Waals surface area contributed by atoms with Crippen LogP contribution < -0.4 is 4.74 Å². The first kappa shape index (κ1) is 16.4. The molecule has 0 amide bonds. The third kappa shape index (κ3) is 4.27. The fraction of sp³-hybridized carbons (Fsp3) is 0.118. The Morgan fingerprint density at radius 2 is 1.91 bits per heavy atom. The molecule has 2 aromatic rings. The lowest BCUT2D eigenvalue weighted by atomic mass is 10.1. The molecule has 0 saturated carbocycles. The highest BCUT2D eigenvalue weighted by Crippen LogP contribution is 2.33. The molecule has 0 aliphatic carbocycles. The van der Waals surface area contributed by atoms with Crippen molar-refractivity contribution < 1.29 is 22.6 Å². The molecule has 0 N–H and O–H groups in total. The molecule has 0 spiro atoms.